The second-order valence-corrected chi connectivity index (χ2v) is 6.82. The molecule has 0 spiro atoms. The molecular formula is C8H13ClO3S. The molecule has 13 heavy (non-hydrogen) atoms. The lowest BCUT2D eigenvalue weighted by atomic mass is 9.89. The number of rotatable bonds is 2. The van der Waals surface area contributed by atoms with Crippen molar-refractivity contribution in [2.24, 2.45) is 5.92 Å². The Morgan fingerprint density at radius 3 is 2.38 bits per heavy atom. The lowest BCUT2D eigenvalue weighted by Gasteiger charge is -2.23. The maximum atomic E-state index is 11.5. The summed E-state index contributed by atoms with van der Waals surface area (Å²) in [4.78, 5) is 11.3. The molecule has 1 rings (SSSR count). The topological polar surface area (TPSA) is 51.2 Å². The van der Waals surface area contributed by atoms with Gasteiger partial charge in [-0.3, -0.25) is 4.79 Å². The van der Waals surface area contributed by atoms with E-state index in [1.54, 1.807) is 13.8 Å². The summed E-state index contributed by atoms with van der Waals surface area (Å²) < 4.78 is 22.1. The Morgan fingerprint density at radius 1 is 1.54 bits per heavy atom. The van der Waals surface area contributed by atoms with Crippen LogP contribution in [0.2, 0.25) is 0 Å². The summed E-state index contributed by atoms with van der Waals surface area (Å²) in [6, 6.07) is 0. The average Bonchev–Trinajstić information content (AvgIpc) is 2.22. The predicted molar refractivity (Wildman–Crippen MR) is 51.7 cm³/mol. The predicted octanol–water partition coefficient (Wildman–Crippen LogP) is 1.01. The van der Waals surface area contributed by atoms with Crippen LogP contribution in [0.15, 0.2) is 0 Å². The molecule has 0 aliphatic carbocycles. The number of hydrogen-bond donors (Lipinski definition) is 0. The van der Waals surface area contributed by atoms with Crippen molar-refractivity contribution in [2.45, 2.75) is 25.0 Å². The van der Waals surface area contributed by atoms with Gasteiger partial charge in [-0.25, -0.2) is 8.42 Å². The van der Waals surface area contributed by atoms with Gasteiger partial charge in [-0.05, 0) is 20.3 Å². The van der Waals surface area contributed by atoms with Crippen LogP contribution in [0, 0.1) is 5.92 Å². The number of carbonyl (C=O) groups is 1. The first-order valence-electron chi connectivity index (χ1n) is 4.14. The third-order valence-corrected chi connectivity index (χ3v) is 5.76. The monoisotopic (exact) mass is 224 g/mol. The number of carbonyl (C=O) groups excluding carboxylic acids is 1. The Kier molecular flexibility index (Phi) is 2.74. The molecule has 0 aromatic rings. The molecule has 3 nitrogen and oxygen atoms in total. The van der Waals surface area contributed by atoms with E-state index in [1.165, 1.54) is 0 Å². The second-order valence-electron chi connectivity index (χ2n) is 3.86. The van der Waals surface area contributed by atoms with Gasteiger partial charge in [0.05, 0.1) is 16.4 Å². The first-order valence-corrected chi connectivity index (χ1v) is 6.32. The molecule has 0 radical (unpaired) electrons. The van der Waals surface area contributed by atoms with E-state index in [0.29, 0.717) is 6.42 Å². The van der Waals surface area contributed by atoms with Crippen molar-refractivity contribution in [2.75, 3.05) is 11.6 Å². The highest BCUT2D eigenvalue weighted by Gasteiger charge is 2.50. The van der Waals surface area contributed by atoms with Gasteiger partial charge in [-0.15, -0.1) is 11.6 Å². The van der Waals surface area contributed by atoms with Crippen LogP contribution < -0.4 is 0 Å². The van der Waals surface area contributed by atoms with Gasteiger partial charge in [-0.2, -0.15) is 0 Å². The van der Waals surface area contributed by atoms with Crippen molar-refractivity contribution >= 4 is 27.2 Å². The minimum Gasteiger partial charge on any atom is -0.298 e. The van der Waals surface area contributed by atoms with Crippen molar-refractivity contribution in [1.82, 2.24) is 0 Å². The van der Waals surface area contributed by atoms with Crippen molar-refractivity contribution in [3.8, 4) is 0 Å². The standard InChI is InChI=1S/C8H13ClO3S/c1-8(2)6(7(10)5-9)3-4-13(8,11)12/h6H,3-5H2,1-2H3. The molecule has 5 heteroatoms. The van der Waals surface area contributed by atoms with Gasteiger partial charge >= 0.3 is 0 Å². The summed E-state index contributed by atoms with van der Waals surface area (Å²) in [5, 5.41) is 0. The number of halogens is 1. The van der Waals surface area contributed by atoms with E-state index >= 15 is 0 Å². The van der Waals surface area contributed by atoms with Crippen molar-refractivity contribution < 1.29 is 13.2 Å². The fourth-order valence-electron chi connectivity index (χ4n) is 1.74. The van der Waals surface area contributed by atoms with E-state index < -0.39 is 20.5 Å². The van der Waals surface area contributed by atoms with Crippen molar-refractivity contribution in [1.29, 1.82) is 0 Å². The van der Waals surface area contributed by atoms with Gasteiger partial charge in [0.1, 0.15) is 0 Å². The second kappa shape index (κ2) is 3.24. The lowest BCUT2D eigenvalue weighted by molar-refractivity contribution is -0.121. The van der Waals surface area contributed by atoms with Crippen LogP contribution in [0.3, 0.4) is 0 Å². The molecule has 0 saturated carbocycles. The molecular weight excluding hydrogens is 212 g/mol. The minimum absolute atomic E-state index is 0.0936. The molecule has 0 bridgehead atoms. The van der Waals surface area contributed by atoms with Crippen LogP contribution in [0.5, 0.6) is 0 Å². The first kappa shape index (κ1) is 11.0. The van der Waals surface area contributed by atoms with Crippen LogP contribution in [-0.2, 0) is 14.6 Å². The summed E-state index contributed by atoms with van der Waals surface area (Å²) in [6.07, 6.45) is 0.418. The summed E-state index contributed by atoms with van der Waals surface area (Å²) in [7, 11) is -3.11. The Hall–Kier alpha value is -0.0900. The van der Waals surface area contributed by atoms with E-state index in [0.717, 1.165) is 0 Å². The molecule has 1 aliphatic rings. The van der Waals surface area contributed by atoms with Crippen molar-refractivity contribution in [3.63, 3.8) is 0 Å². The molecule has 0 amide bonds. The largest absolute Gasteiger partial charge is 0.298 e. The highest BCUT2D eigenvalue weighted by Crippen LogP contribution is 2.37. The third kappa shape index (κ3) is 1.62. The summed E-state index contributed by atoms with van der Waals surface area (Å²) in [6.45, 7) is 3.20. The van der Waals surface area contributed by atoms with Crippen LogP contribution >= 0.6 is 11.6 Å². The zero-order valence-electron chi connectivity index (χ0n) is 7.71. The smallest absolute Gasteiger partial charge is 0.156 e. The summed E-state index contributed by atoms with van der Waals surface area (Å²) >= 11 is 5.41. The lowest BCUT2D eigenvalue weighted by Crippen LogP contribution is -2.38. The normalized spacial score (nSPS) is 30.2. The SMILES string of the molecule is CC1(C)C(C(=O)CCl)CCS1(=O)=O. The van der Waals surface area contributed by atoms with E-state index in [-0.39, 0.29) is 17.4 Å². The van der Waals surface area contributed by atoms with Gasteiger partial charge in [-0.1, -0.05) is 0 Å². The van der Waals surface area contributed by atoms with E-state index in [1.807, 2.05) is 0 Å². The Bertz CT molecular complexity index is 318. The molecule has 0 N–H and O–H groups in total. The van der Waals surface area contributed by atoms with Gasteiger partial charge in [0.25, 0.3) is 0 Å². The van der Waals surface area contributed by atoms with Gasteiger partial charge in [0, 0.05) is 5.92 Å². The minimum atomic E-state index is -3.11. The number of ketones is 1. The van der Waals surface area contributed by atoms with E-state index in [9.17, 15) is 13.2 Å². The molecule has 76 valence electrons. The van der Waals surface area contributed by atoms with Crippen LogP contribution in [0.4, 0.5) is 0 Å². The zero-order chi connectivity index (χ0) is 10.3. The maximum Gasteiger partial charge on any atom is 0.156 e. The van der Waals surface area contributed by atoms with Crippen molar-refractivity contribution in [3.05, 3.63) is 0 Å². The van der Waals surface area contributed by atoms with Gasteiger partial charge < -0.3 is 0 Å². The molecule has 0 aromatic heterocycles. The Labute approximate surface area is 83.4 Å². The maximum absolute atomic E-state index is 11.5. The van der Waals surface area contributed by atoms with E-state index in [2.05, 4.69) is 0 Å². The number of alkyl halides is 1. The van der Waals surface area contributed by atoms with Crippen LogP contribution in [0.1, 0.15) is 20.3 Å². The summed E-state index contributed by atoms with van der Waals surface area (Å²) in [5.41, 5.74) is 0. The van der Waals surface area contributed by atoms with Crippen LogP contribution in [0.25, 0.3) is 0 Å². The molecule has 1 heterocycles. The fraction of sp³-hybridized carbons (Fsp3) is 0.875. The highest BCUT2D eigenvalue weighted by molar-refractivity contribution is 7.93. The molecule has 1 atom stereocenters. The number of sulfone groups is 1. The first-order chi connectivity index (χ1) is 5.83. The van der Waals surface area contributed by atoms with E-state index in [4.69, 9.17) is 11.6 Å². The molecule has 1 saturated heterocycles. The molecule has 1 unspecified atom stereocenters. The third-order valence-electron chi connectivity index (χ3n) is 2.84. The zero-order valence-corrected chi connectivity index (χ0v) is 9.28. The molecule has 1 fully saturated rings. The quantitative estimate of drug-likeness (QED) is 0.658. The van der Waals surface area contributed by atoms with Gasteiger partial charge in [0.15, 0.2) is 15.6 Å². The molecule has 0 aromatic carbocycles. The highest BCUT2D eigenvalue weighted by atomic mass is 35.5. The van der Waals surface area contributed by atoms with Crippen LogP contribution in [-0.4, -0.2) is 30.6 Å². The average molecular weight is 225 g/mol. The fourth-order valence-corrected chi connectivity index (χ4v) is 3.68. The summed E-state index contributed by atoms with van der Waals surface area (Å²) in [5.74, 6) is -0.570. The number of Topliss-reactive ketones (excluding diaryl/α,β-unsaturated/α-hetero) is 1. The molecule has 1 aliphatic heterocycles. The number of hydrogen-bond acceptors (Lipinski definition) is 3. The Balaban J connectivity index is 3.02. The van der Waals surface area contributed by atoms with Gasteiger partial charge in [0.2, 0.25) is 0 Å². The Morgan fingerprint density at radius 2 is 2.08 bits per heavy atom.